The normalized spacial score (nSPS) is 29.2. The highest BCUT2D eigenvalue weighted by Crippen LogP contribution is 2.33. The van der Waals surface area contributed by atoms with Crippen LogP contribution in [-0.4, -0.2) is 68.1 Å². The van der Waals surface area contributed by atoms with Gasteiger partial charge in [-0.1, -0.05) is 0 Å². The summed E-state index contributed by atoms with van der Waals surface area (Å²) >= 11 is 0. The minimum atomic E-state index is 0.474. The first-order valence-corrected chi connectivity index (χ1v) is 6.65. The maximum Gasteiger partial charge on any atom is 0.136 e. The number of hydrogen-bond acceptors (Lipinski definition) is 4. The van der Waals surface area contributed by atoms with Crippen molar-refractivity contribution in [3.8, 4) is 0 Å². The van der Waals surface area contributed by atoms with Crippen molar-refractivity contribution in [1.82, 2.24) is 9.80 Å². The zero-order chi connectivity index (χ0) is 12.3. The van der Waals surface area contributed by atoms with Gasteiger partial charge in [-0.05, 0) is 19.9 Å². The predicted molar refractivity (Wildman–Crippen MR) is 67.1 cm³/mol. The molecular weight excluding hydrogens is 216 g/mol. The summed E-state index contributed by atoms with van der Waals surface area (Å²) in [5.74, 6) is 0.474. The molecule has 0 spiro atoms. The molecule has 2 aliphatic rings. The van der Waals surface area contributed by atoms with Gasteiger partial charge in [0.2, 0.25) is 0 Å². The molecule has 0 amide bonds. The molecule has 2 saturated heterocycles. The molecule has 2 aliphatic heterocycles. The average molecular weight is 240 g/mol. The minimum Gasteiger partial charge on any atom is -0.383 e. The average Bonchev–Trinajstić information content (AvgIpc) is 2.54. The lowest BCUT2D eigenvalue weighted by Crippen LogP contribution is -2.46. The van der Waals surface area contributed by atoms with Crippen LogP contribution in [0.5, 0.6) is 0 Å². The van der Waals surface area contributed by atoms with Crippen LogP contribution in [0.2, 0.25) is 0 Å². The first-order valence-electron chi connectivity index (χ1n) is 6.65. The Morgan fingerprint density at radius 2 is 1.94 bits per heavy atom. The number of rotatable bonds is 6. The fraction of sp³-hybridized carbons (Fsp3) is 0.923. The van der Waals surface area contributed by atoms with Crippen LogP contribution >= 0.6 is 0 Å². The van der Waals surface area contributed by atoms with Crippen molar-refractivity contribution in [3.63, 3.8) is 0 Å². The highest BCUT2D eigenvalue weighted by Gasteiger charge is 2.39. The number of likely N-dealkylation sites (N-methyl/N-ethyl adjacent to an activating group) is 1. The molecule has 2 atom stereocenters. The van der Waals surface area contributed by atoms with E-state index in [9.17, 15) is 4.79 Å². The maximum absolute atomic E-state index is 11.5. The van der Waals surface area contributed by atoms with Gasteiger partial charge >= 0.3 is 0 Å². The van der Waals surface area contributed by atoms with E-state index in [1.54, 1.807) is 7.11 Å². The van der Waals surface area contributed by atoms with Crippen molar-refractivity contribution in [2.24, 2.45) is 0 Å². The Morgan fingerprint density at radius 1 is 1.29 bits per heavy atom. The van der Waals surface area contributed by atoms with Gasteiger partial charge in [-0.3, -0.25) is 9.69 Å². The van der Waals surface area contributed by atoms with Crippen LogP contribution in [0, 0.1) is 0 Å². The lowest BCUT2D eigenvalue weighted by Gasteiger charge is -2.35. The Morgan fingerprint density at radius 3 is 2.53 bits per heavy atom. The summed E-state index contributed by atoms with van der Waals surface area (Å²) in [6.07, 6.45) is 4.02. The molecule has 2 bridgehead atoms. The molecule has 98 valence electrons. The van der Waals surface area contributed by atoms with Gasteiger partial charge in [0.15, 0.2) is 0 Å². The molecule has 0 N–H and O–H groups in total. The van der Waals surface area contributed by atoms with Crippen LogP contribution in [0.3, 0.4) is 0 Å². The lowest BCUT2D eigenvalue weighted by atomic mass is 10.0. The zero-order valence-electron chi connectivity index (χ0n) is 11.0. The number of piperidine rings is 1. The van der Waals surface area contributed by atoms with E-state index in [1.807, 2.05) is 0 Å². The Labute approximate surface area is 104 Å². The number of methoxy groups -OCH3 is 1. The maximum atomic E-state index is 11.5. The Bertz CT molecular complexity index is 254. The highest BCUT2D eigenvalue weighted by molar-refractivity contribution is 5.80. The third kappa shape index (κ3) is 3.27. The van der Waals surface area contributed by atoms with E-state index in [2.05, 4.69) is 16.8 Å². The van der Waals surface area contributed by atoms with Gasteiger partial charge in [0.1, 0.15) is 5.78 Å². The molecule has 17 heavy (non-hydrogen) atoms. The number of hydrogen-bond donors (Lipinski definition) is 0. The molecule has 4 nitrogen and oxygen atoms in total. The second-order valence-corrected chi connectivity index (χ2v) is 5.37. The summed E-state index contributed by atoms with van der Waals surface area (Å²) < 4.78 is 5.07. The molecule has 2 unspecified atom stereocenters. The van der Waals surface area contributed by atoms with Gasteiger partial charge in [-0.15, -0.1) is 0 Å². The molecule has 0 aromatic rings. The fourth-order valence-corrected chi connectivity index (χ4v) is 3.07. The predicted octanol–water partition coefficient (Wildman–Crippen LogP) is 0.760. The van der Waals surface area contributed by atoms with Crippen LogP contribution in [0.1, 0.15) is 25.7 Å². The van der Waals surface area contributed by atoms with Crippen molar-refractivity contribution >= 4 is 5.78 Å². The molecule has 0 saturated carbocycles. The molecule has 0 aromatic heterocycles. The molecule has 2 heterocycles. The van der Waals surface area contributed by atoms with Gasteiger partial charge in [-0.25, -0.2) is 0 Å². The largest absolute Gasteiger partial charge is 0.383 e. The van der Waals surface area contributed by atoms with E-state index in [4.69, 9.17) is 4.74 Å². The second kappa shape index (κ2) is 5.94. The van der Waals surface area contributed by atoms with E-state index < -0.39 is 0 Å². The first kappa shape index (κ1) is 13.0. The number of Topliss-reactive ketones (excluding diaryl/α,β-unsaturated/α-hetero) is 1. The van der Waals surface area contributed by atoms with E-state index in [0.717, 1.165) is 39.1 Å². The summed E-state index contributed by atoms with van der Waals surface area (Å²) in [7, 11) is 3.88. The van der Waals surface area contributed by atoms with Crippen LogP contribution < -0.4 is 0 Å². The molecule has 4 heteroatoms. The number of carbonyl (C=O) groups excluding carboxylic acids is 1. The van der Waals surface area contributed by atoms with Crippen molar-refractivity contribution in [2.45, 2.75) is 37.8 Å². The monoisotopic (exact) mass is 240 g/mol. The summed E-state index contributed by atoms with van der Waals surface area (Å²) in [5, 5.41) is 0. The zero-order valence-corrected chi connectivity index (χ0v) is 11.0. The van der Waals surface area contributed by atoms with Gasteiger partial charge in [0.25, 0.3) is 0 Å². The number of nitrogens with zero attached hydrogens (tertiary/aromatic N) is 2. The molecular formula is C13H24N2O2. The molecule has 0 aliphatic carbocycles. The van der Waals surface area contributed by atoms with Crippen molar-refractivity contribution < 1.29 is 9.53 Å². The summed E-state index contributed by atoms with van der Waals surface area (Å²) in [5.41, 5.74) is 0. The SMILES string of the molecule is COCCN(C)CCN1C2CCC1CC(=O)C2. The topological polar surface area (TPSA) is 32.8 Å². The Hall–Kier alpha value is -0.450. The van der Waals surface area contributed by atoms with Crippen molar-refractivity contribution in [2.75, 3.05) is 40.4 Å². The first-order chi connectivity index (χ1) is 8.20. The van der Waals surface area contributed by atoms with Crippen LogP contribution in [0.25, 0.3) is 0 Å². The third-order valence-corrected chi connectivity index (χ3v) is 4.11. The van der Waals surface area contributed by atoms with Gasteiger partial charge in [0, 0.05) is 51.7 Å². The summed E-state index contributed by atoms with van der Waals surface area (Å²) in [4.78, 5) is 16.4. The minimum absolute atomic E-state index is 0.474. The quantitative estimate of drug-likeness (QED) is 0.686. The molecule has 2 fully saturated rings. The second-order valence-electron chi connectivity index (χ2n) is 5.37. The number of ketones is 1. The van der Waals surface area contributed by atoms with Gasteiger partial charge < -0.3 is 9.64 Å². The van der Waals surface area contributed by atoms with E-state index in [1.165, 1.54) is 12.8 Å². The Balaban J connectivity index is 1.74. The van der Waals surface area contributed by atoms with Crippen LogP contribution in [-0.2, 0) is 9.53 Å². The van der Waals surface area contributed by atoms with Crippen molar-refractivity contribution in [3.05, 3.63) is 0 Å². The van der Waals surface area contributed by atoms with Crippen LogP contribution in [0.15, 0.2) is 0 Å². The molecule has 2 rings (SSSR count). The summed E-state index contributed by atoms with van der Waals surface area (Å²) in [6.45, 7) is 3.95. The number of ether oxygens (including phenoxy) is 1. The third-order valence-electron chi connectivity index (χ3n) is 4.11. The van der Waals surface area contributed by atoms with E-state index >= 15 is 0 Å². The van der Waals surface area contributed by atoms with Gasteiger partial charge in [-0.2, -0.15) is 0 Å². The smallest absolute Gasteiger partial charge is 0.136 e. The van der Waals surface area contributed by atoms with Gasteiger partial charge in [0.05, 0.1) is 6.61 Å². The standard InChI is InChI=1S/C13H24N2O2/c1-14(7-8-17-2)5-6-15-11-3-4-12(15)10-13(16)9-11/h11-12H,3-10H2,1-2H3. The Kier molecular flexibility index (Phi) is 4.54. The lowest BCUT2D eigenvalue weighted by molar-refractivity contribution is -0.123. The summed E-state index contributed by atoms with van der Waals surface area (Å²) in [6, 6.07) is 1.08. The van der Waals surface area contributed by atoms with Crippen LogP contribution in [0.4, 0.5) is 0 Å². The van der Waals surface area contributed by atoms with E-state index in [-0.39, 0.29) is 0 Å². The fourth-order valence-electron chi connectivity index (χ4n) is 3.07. The number of fused-ring (bicyclic) bond motifs is 2. The van der Waals surface area contributed by atoms with E-state index in [0.29, 0.717) is 17.9 Å². The molecule has 0 radical (unpaired) electrons. The molecule has 0 aromatic carbocycles. The van der Waals surface area contributed by atoms with Crippen molar-refractivity contribution in [1.29, 1.82) is 0 Å². The number of carbonyl (C=O) groups is 1. The highest BCUT2D eigenvalue weighted by atomic mass is 16.5.